The highest BCUT2D eigenvalue weighted by Gasteiger charge is 2.55. The number of nitrogens with zero attached hydrogens (tertiary/aromatic N) is 1. The second kappa shape index (κ2) is 9.62. The largest absolute Gasteiger partial charge is 0.493 e. The van der Waals surface area contributed by atoms with Crippen molar-refractivity contribution in [2.75, 3.05) is 20.2 Å². The highest BCUT2D eigenvalue weighted by molar-refractivity contribution is 5.68. The molecule has 0 N–H and O–H groups in total. The molecule has 0 aromatic heterocycles. The summed E-state index contributed by atoms with van der Waals surface area (Å²) in [6.07, 6.45) is 3.19. The fourth-order valence-corrected chi connectivity index (χ4v) is 6.30. The van der Waals surface area contributed by atoms with Gasteiger partial charge >= 0.3 is 6.09 Å². The molecule has 0 saturated carbocycles. The molecule has 6 heteroatoms. The third-order valence-electron chi connectivity index (χ3n) is 8.02. The minimum atomic E-state index is -0.505. The van der Waals surface area contributed by atoms with Crippen molar-refractivity contribution in [1.29, 1.82) is 0 Å². The Hall–Kier alpha value is -2.73. The van der Waals surface area contributed by atoms with Crippen LogP contribution in [0.1, 0.15) is 64.2 Å². The highest BCUT2D eigenvalue weighted by Crippen LogP contribution is 2.56. The van der Waals surface area contributed by atoms with E-state index in [0.717, 1.165) is 42.7 Å². The molecule has 2 saturated heterocycles. The second-order valence-corrected chi connectivity index (χ2v) is 11.5. The summed E-state index contributed by atoms with van der Waals surface area (Å²) >= 11 is 0. The number of methoxy groups -OCH3 is 1. The maximum atomic E-state index is 12.9. The Kier molecular flexibility index (Phi) is 6.67. The molecule has 0 unspecified atom stereocenters. The van der Waals surface area contributed by atoms with E-state index >= 15 is 0 Å². The van der Waals surface area contributed by atoms with Gasteiger partial charge in [0.2, 0.25) is 0 Å². The van der Waals surface area contributed by atoms with Crippen LogP contribution in [0.5, 0.6) is 11.5 Å². The van der Waals surface area contributed by atoms with E-state index in [1.165, 1.54) is 5.56 Å². The standard InChI is InChI=1S/C30H39NO5/c1-6-30(18-20-11-8-7-9-12-20)23-17-21-19-31(28(32)36-29(2,3)4)16-15-24(21)34-26(23)22-13-10-14-25(33-5)27(22)35-30/h7-14,21,23-24,26H,6,15-19H2,1-5H3/t21-,23+,24+,26-,30-/m1/s1. The van der Waals surface area contributed by atoms with Gasteiger partial charge in [-0.1, -0.05) is 49.4 Å². The molecule has 5 atom stereocenters. The molecule has 3 heterocycles. The normalized spacial score (nSPS) is 29.3. The number of likely N-dealkylation sites (tertiary alicyclic amines) is 1. The van der Waals surface area contributed by atoms with Crippen molar-refractivity contribution in [3.05, 3.63) is 59.7 Å². The van der Waals surface area contributed by atoms with Crippen LogP contribution >= 0.6 is 0 Å². The van der Waals surface area contributed by atoms with Crippen LogP contribution in [0, 0.1) is 11.8 Å². The zero-order chi connectivity index (χ0) is 25.5. The summed E-state index contributed by atoms with van der Waals surface area (Å²) in [5, 5.41) is 0. The Labute approximate surface area is 214 Å². The van der Waals surface area contributed by atoms with E-state index in [2.05, 4.69) is 37.3 Å². The molecule has 0 spiro atoms. The quantitative estimate of drug-likeness (QED) is 0.509. The fraction of sp³-hybridized carbons (Fsp3) is 0.567. The van der Waals surface area contributed by atoms with Gasteiger partial charge in [-0.05, 0) is 51.7 Å². The Morgan fingerprint density at radius 2 is 1.92 bits per heavy atom. The van der Waals surface area contributed by atoms with Crippen LogP contribution < -0.4 is 9.47 Å². The minimum absolute atomic E-state index is 0.0677. The predicted molar refractivity (Wildman–Crippen MR) is 138 cm³/mol. The molecule has 1 amide bonds. The second-order valence-electron chi connectivity index (χ2n) is 11.5. The van der Waals surface area contributed by atoms with Crippen LogP contribution in [0.2, 0.25) is 0 Å². The summed E-state index contributed by atoms with van der Waals surface area (Å²) in [5.41, 5.74) is 1.38. The van der Waals surface area contributed by atoms with Gasteiger partial charge in [-0.25, -0.2) is 4.79 Å². The third kappa shape index (κ3) is 4.68. The number of carbonyl (C=O) groups is 1. The van der Waals surface area contributed by atoms with Crippen LogP contribution in [0.25, 0.3) is 0 Å². The molecular weight excluding hydrogens is 454 g/mol. The van der Waals surface area contributed by atoms with Gasteiger partial charge in [-0.3, -0.25) is 0 Å². The van der Waals surface area contributed by atoms with Gasteiger partial charge in [0.15, 0.2) is 11.5 Å². The van der Waals surface area contributed by atoms with Gasteiger partial charge < -0.3 is 23.8 Å². The van der Waals surface area contributed by atoms with E-state index in [1.807, 2.05) is 43.9 Å². The number of rotatable bonds is 4. The van der Waals surface area contributed by atoms with Crippen molar-refractivity contribution in [3.63, 3.8) is 0 Å². The van der Waals surface area contributed by atoms with Crippen LogP contribution in [0.3, 0.4) is 0 Å². The van der Waals surface area contributed by atoms with Crippen LogP contribution in [0.4, 0.5) is 4.79 Å². The van der Waals surface area contributed by atoms with E-state index in [4.69, 9.17) is 18.9 Å². The number of piperidine rings is 1. The van der Waals surface area contributed by atoms with Crippen molar-refractivity contribution in [3.8, 4) is 11.5 Å². The van der Waals surface area contributed by atoms with Gasteiger partial charge in [0.25, 0.3) is 0 Å². The molecule has 3 aliphatic rings. The highest BCUT2D eigenvalue weighted by atomic mass is 16.6. The molecule has 5 rings (SSSR count). The first-order valence-corrected chi connectivity index (χ1v) is 13.3. The van der Waals surface area contributed by atoms with Crippen LogP contribution in [-0.2, 0) is 15.9 Å². The topological polar surface area (TPSA) is 57.2 Å². The Morgan fingerprint density at radius 1 is 1.14 bits per heavy atom. The smallest absolute Gasteiger partial charge is 0.410 e. The average molecular weight is 494 g/mol. The molecule has 2 aromatic carbocycles. The van der Waals surface area contributed by atoms with Crippen molar-refractivity contribution in [2.45, 2.75) is 76.8 Å². The maximum Gasteiger partial charge on any atom is 0.410 e. The zero-order valence-electron chi connectivity index (χ0n) is 22.2. The van der Waals surface area contributed by atoms with E-state index in [0.29, 0.717) is 13.1 Å². The average Bonchev–Trinajstić information content (AvgIpc) is 2.86. The lowest BCUT2D eigenvalue weighted by atomic mass is 9.66. The summed E-state index contributed by atoms with van der Waals surface area (Å²) in [7, 11) is 1.69. The Bertz CT molecular complexity index is 1080. The van der Waals surface area contributed by atoms with Crippen molar-refractivity contribution in [2.24, 2.45) is 11.8 Å². The van der Waals surface area contributed by atoms with E-state index in [1.54, 1.807) is 7.11 Å². The van der Waals surface area contributed by atoms with Crippen LogP contribution in [0.15, 0.2) is 48.5 Å². The number of para-hydroxylation sites is 1. The predicted octanol–water partition coefficient (Wildman–Crippen LogP) is 6.18. The first-order chi connectivity index (χ1) is 17.2. The summed E-state index contributed by atoms with van der Waals surface area (Å²) in [6, 6.07) is 16.7. The monoisotopic (exact) mass is 493 g/mol. The molecular formula is C30H39NO5. The Balaban J connectivity index is 1.48. The molecule has 0 bridgehead atoms. The first-order valence-electron chi connectivity index (χ1n) is 13.3. The molecule has 2 fully saturated rings. The number of fused-ring (bicyclic) bond motifs is 4. The van der Waals surface area contributed by atoms with Gasteiger partial charge in [0.05, 0.1) is 19.3 Å². The third-order valence-corrected chi connectivity index (χ3v) is 8.02. The van der Waals surface area contributed by atoms with Gasteiger partial charge in [-0.2, -0.15) is 0 Å². The number of hydrogen-bond acceptors (Lipinski definition) is 5. The number of hydrogen-bond donors (Lipinski definition) is 0. The van der Waals surface area contributed by atoms with Crippen molar-refractivity contribution < 1.29 is 23.7 Å². The summed E-state index contributed by atoms with van der Waals surface area (Å²) < 4.78 is 25.3. The number of ether oxygens (including phenoxy) is 4. The van der Waals surface area contributed by atoms with E-state index in [-0.39, 0.29) is 30.1 Å². The first kappa shape index (κ1) is 24.9. The number of benzene rings is 2. The van der Waals surface area contributed by atoms with E-state index < -0.39 is 11.2 Å². The number of amides is 1. The molecule has 36 heavy (non-hydrogen) atoms. The van der Waals surface area contributed by atoms with Crippen molar-refractivity contribution >= 4 is 6.09 Å². The zero-order valence-corrected chi connectivity index (χ0v) is 22.2. The summed E-state index contributed by atoms with van der Waals surface area (Å²) in [6.45, 7) is 9.25. The van der Waals surface area contributed by atoms with Gasteiger partial charge in [0, 0.05) is 36.9 Å². The maximum absolute atomic E-state index is 12.9. The lowest BCUT2D eigenvalue weighted by molar-refractivity contribution is -0.194. The lowest BCUT2D eigenvalue weighted by Gasteiger charge is -2.55. The number of carbonyl (C=O) groups excluding carboxylic acids is 1. The molecule has 0 radical (unpaired) electrons. The summed E-state index contributed by atoms with van der Waals surface area (Å²) in [4.78, 5) is 14.7. The Morgan fingerprint density at radius 3 is 2.61 bits per heavy atom. The van der Waals surface area contributed by atoms with Gasteiger partial charge in [0.1, 0.15) is 11.2 Å². The molecule has 0 aliphatic carbocycles. The SMILES string of the molecule is CC[C@]1(Cc2ccccc2)Oc2c(OC)cccc2[C@H]2O[C@H]3CCN(C(=O)OC(C)(C)C)C[C@H]3C[C@@H]21. The van der Waals surface area contributed by atoms with E-state index in [9.17, 15) is 4.79 Å². The molecule has 3 aliphatic heterocycles. The van der Waals surface area contributed by atoms with Gasteiger partial charge in [-0.15, -0.1) is 0 Å². The van der Waals surface area contributed by atoms with Crippen LogP contribution in [-0.4, -0.2) is 48.5 Å². The molecule has 194 valence electrons. The lowest BCUT2D eigenvalue weighted by Crippen LogP contribution is -2.58. The fourth-order valence-electron chi connectivity index (χ4n) is 6.30. The van der Waals surface area contributed by atoms with Crippen molar-refractivity contribution in [1.82, 2.24) is 4.90 Å². The minimum Gasteiger partial charge on any atom is -0.493 e. The summed E-state index contributed by atoms with van der Waals surface area (Å²) in [5.74, 6) is 1.96. The molecule has 6 nitrogen and oxygen atoms in total. The molecule has 2 aromatic rings.